The van der Waals surface area contributed by atoms with Crippen molar-refractivity contribution >= 4 is 5.91 Å². The molecule has 2 rings (SSSR count). The first-order chi connectivity index (χ1) is 9.77. The fourth-order valence-electron chi connectivity index (χ4n) is 2.68. The summed E-state index contributed by atoms with van der Waals surface area (Å²) in [6, 6.07) is 5.45. The number of nitrogens with zero attached hydrogens (tertiary/aromatic N) is 1. The highest BCUT2D eigenvalue weighted by atomic mass is 16.5. The number of methoxy groups -OCH3 is 2. The number of likely N-dealkylation sites (tertiary alicyclic amines) is 1. The summed E-state index contributed by atoms with van der Waals surface area (Å²) in [7, 11) is 3.16. The highest BCUT2D eigenvalue weighted by Crippen LogP contribution is 2.31. The molecule has 1 aliphatic heterocycles. The van der Waals surface area contributed by atoms with E-state index in [0.717, 1.165) is 25.9 Å². The lowest BCUT2D eigenvalue weighted by molar-refractivity contribution is 0.0738. The van der Waals surface area contributed by atoms with Crippen LogP contribution in [0.5, 0.6) is 11.5 Å². The van der Waals surface area contributed by atoms with Gasteiger partial charge in [0.1, 0.15) is 0 Å². The fourth-order valence-corrected chi connectivity index (χ4v) is 2.68. The van der Waals surface area contributed by atoms with Gasteiger partial charge in [-0.15, -0.1) is 0 Å². The van der Waals surface area contributed by atoms with Crippen LogP contribution in [0.1, 0.15) is 42.5 Å². The van der Waals surface area contributed by atoms with Crippen LogP contribution in [0, 0.1) is 0 Å². The summed E-state index contributed by atoms with van der Waals surface area (Å²) in [5.74, 6) is 1.18. The average molecular weight is 277 g/mol. The van der Waals surface area contributed by atoms with E-state index in [-0.39, 0.29) is 5.91 Å². The molecule has 4 heteroatoms. The van der Waals surface area contributed by atoms with E-state index in [1.54, 1.807) is 14.2 Å². The van der Waals surface area contributed by atoms with Gasteiger partial charge in [0.05, 0.1) is 19.8 Å². The van der Waals surface area contributed by atoms with E-state index in [1.807, 2.05) is 23.1 Å². The monoisotopic (exact) mass is 277 g/mol. The van der Waals surface area contributed by atoms with Gasteiger partial charge < -0.3 is 14.4 Å². The number of hydrogen-bond donors (Lipinski definition) is 0. The average Bonchev–Trinajstić information content (AvgIpc) is 2.45. The molecule has 4 nitrogen and oxygen atoms in total. The van der Waals surface area contributed by atoms with Crippen LogP contribution >= 0.6 is 0 Å². The maximum Gasteiger partial charge on any atom is 0.257 e. The molecule has 0 bridgehead atoms. The van der Waals surface area contributed by atoms with Gasteiger partial charge in [-0.1, -0.05) is 25.3 Å². The second-order valence-electron chi connectivity index (χ2n) is 5.10. The van der Waals surface area contributed by atoms with Gasteiger partial charge >= 0.3 is 0 Å². The smallest absolute Gasteiger partial charge is 0.257 e. The number of rotatable bonds is 3. The topological polar surface area (TPSA) is 38.8 Å². The third-order valence-electron chi connectivity index (χ3n) is 3.78. The molecular weight excluding hydrogens is 254 g/mol. The molecule has 0 aromatic heterocycles. The van der Waals surface area contributed by atoms with E-state index >= 15 is 0 Å². The molecule has 0 atom stereocenters. The first-order valence-electron chi connectivity index (χ1n) is 7.28. The summed E-state index contributed by atoms with van der Waals surface area (Å²) in [4.78, 5) is 14.6. The van der Waals surface area contributed by atoms with Gasteiger partial charge in [0.15, 0.2) is 11.5 Å². The van der Waals surface area contributed by atoms with Crippen LogP contribution in [0.4, 0.5) is 0 Å². The lowest BCUT2D eigenvalue weighted by atomic mass is 10.1. The van der Waals surface area contributed by atoms with Gasteiger partial charge in [-0.25, -0.2) is 0 Å². The summed E-state index contributed by atoms with van der Waals surface area (Å²) < 4.78 is 10.6. The van der Waals surface area contributed by atoms with Crippen LogP contribution in [0.15, 0.2) is 18.2 Å². The molecule has 0 aliphatic carbocycles. The molecule has 1 aromatic carbocycles. The number of benzene rings is 1. The number of para-hydroxylation sites is 1. The zero-order valence-corrected chi connectivity index (χ0v) is 12.4. The predicted octanol–water partition coefficient (Wildman–Crippen LogP) is 3.11. The fraction of sp³-hybridized carbons (Fsp3) is 0.562. The van der Waals surface area contributed by atoms with E-state index in [1.165, 1.54) is 19.3 Å². The third kappa shape index (κ3) is 3.24. The number of hydrogen-bond acceptors (Lipinski definition) is 3. The quantitative estimate of drug-likeness (QED) is 0.852. The van der Waals surface area contributed by atoms with Gasteiger partial charge in [-0.05, 0) is 25.0 Å². The molecule has 1 saturated heterocycles. The molecule has 1 aliphatic rings. The van der Waals surface area contributed by atoms with Crippen LogP contribution in [-0.2, 0) is 0 Å². The Morgan fingerprint density at radius 3 is 2.25 bits per heavy atom. The molecule has 110 valence electrons. The first-order valence-corrected chi connectivity index (χ1v) is 7.28. The minimum absolute atomic E-state index is 0.0441. The Kier molecular flexibility index (Phi) is 5.27. The lowest BCUT2D eigenvalue weighted by Crippen LogP contribution is -2.34. The molecule has 1 aromatic rings. The van der Waals surface area contributed by atoms with Crippen molar-refractivity contribution < 1.29 is 14.3 Å². The normalized spacial score (nSPS) is 16.2. The second kappa shape index (κ2) is 7.17. The maximum atomic E-state index is 12.7. The molecular formula is C16H23NO3. The summed E-state index contributed by atoms with van der Waals surface area (Å²) in [6.07, 6.45) is 5.86. The Hall–Kier alpha value is -1.71. The Morgan fingerprint density at radius 2 is 1.65 bits per heavy atom. The van der Waals surface area contributed by atoms with E-state index in [0.29, 0.717) is 17.1 Å². The Bertz CT molecular complexity index is 451. The highest BCUT2D eigenvalue weighted by Gasteiger charge is 2.22. The predicted molar refractivity (Wildman–Crippen MR) is 78.5 cm³/mol. The number of carbonyl (C=O) groups is 1. The molecule has 1 amide bonds. The van der Waals surface area contributed by atoms with Gasteiger partial charge in [-0.2, -0.15) is 0 Å². The summed E-state index contributed by atoms with van der Waals surface area (Å²) in [5.41, 5.74) is 0.590. The van der Waals surface area contributed by atoms with Crippen LogP contribution in [0.2, 0.25) is 0 Å². The minimum atomic E-state index is 0.0441. The standard InChI is InChI=1S/C16H23NO3/c1-19-14-10-8-9-13(15(14)20-2)16(18)17-11-6-4-3-5-7-12-17/h8-10H,3-7,11-12H2,1-2H3. The van der Waals surface area contributed by atoms with Gasteiger partial charge in [0, 0.05) is 13.1 Å². The molecule has 0 N–H and O–H groups in total. The largest absolute Gasteiger partial charge is 0.493 e. The van der Waals surface area contributed by atoms with Crippen molar-refractivity contribution in [1.82, 2.24) is 4.90 Å². The van der Waals surface area contributed by atoms with Crippen molar-refractivity contribution in [3.8, 4) is 11.5 Å². The van der Waals surface area contributed by atoms with Crippen molar-refractivity contribution in [2.45, 2.75) is 32.1 Å². The molecule has 1 heterocycles. The molecule has 0 radical (unpaired) electrons. The van der Waals surface area contributed by atoms with Crippen molar-refractivity contribution in [1.29, 1.82) is 0 Å². The van der Waals surface area contributed by atoms with Crippen LogP contribution in [0.3, 0.4) is 0 Å². The number of ether oxygens (including phenoxy) is 2. The molecule has 0 saturated carbocycles. The first kappa shape index (κ1) is 14.7. The zero-order chi connectivity index (χ0) is 14.4. The minimum Gasteiger partial charge on any atom is -0.493 e. The Morgan fingerprint density at radius 1 is 1.00 bits per heavy atom. The van der Waals surface area contributed by atoms with Crippen molar-refractivity contribution in [2.75, 3.05) is 27.3 Å². The number of amides is 1. The maximum absolute atomic E-state index is 12.7. The summed E-state index contributed by atoms with van der Waals surface area (Å²) in [6.45, 7) is 1.67. The van der Waals surface area contributed by atoms with Gasteiger partial charge in [-0.3, -0.25) is 4.79 Å². The van der Waals surface area contributed by atoms with Crippen LogP contribution < -0.4 is 9.47 Å². The second-order valence-corrected chi connectivity index (χ2v) is 5.10. The van der Waals surface area contributed by atoms with Crippen molar-refractivity contribution in [3.63, 3.8) is 0 Å². The Balaban J connectivity index is 2.22. The van der Waals surface area contributed by atoms with Crippen molar-refractivity contribution in [3.05, 3.63) is 23.8 Å². The molecule has 1 fully saturated rings. The van der Waals surface area contributed by atoms with E-state index in [4.69, 9.17) is 9.47 Å². The van der Waals surface area contributed by atoms with Crippen molar-refractivity contribution in [2.24, 2.45) is 0 Å². The molecule has 0 unspecified atom stereocenters. The molecule has 20 heavy (non-hydrogen) atoms. The number of carbonyl (C=O) groups excluding carboxylic acids is 1. The Labute approximate surface area is 120 Å². The highest BCUT2D eigenvalue weighted by molar-refractivity contribution is 5.97. The molecule has 0 spiro atoms. The van der Waals surface area contributed by atoms with E-state index in [9.17, 15) is 4.79 Å². The third-order valence-corrected chi connectivity index (χ3v) is 3.78. The summed E-state index contributed by atoms with van der Waals surface area (Å²) >= 11 is 0. The zero-order valence-electron chi connectivity index (χ0n) is 12.4. The SMILES string of the molecule is COc1cccc(C(=O)N2CCCCCCC2)c1OC. The lowest BCUT2D eigenvalue weighted by Gasteiger charge is -2.25. The van der Waals surface area contributed by atoms with Gasteiger partial charge in [0.25, 0.3) is 5.91 Å². The summed E-state index contributed by atoms with van der Waals surface area (Å²) in [5, 5.41) is 0. The van der Waals surface area contributed by atoms with E-state index in [2.05, 4.69) is 0 Å². The van der Waals surface area contributed by atoms with E-state index < -0.39 is 0 Å². The van der Waals surface area contributed by atoms with Crippen LogP contribution in [0.25, 0.3) is 0 Å². The van der Waals surface area contributed by atoms with Crippen LogP contribution in [-0.4, -0.2) is 38.1 Å². The van der Waals surface area contributed by atoms with Gasteiger partial charge in [0.2, 0.25) is 0 Å².